The van der Waals surface area contributed by atoms with Crippen LogP contribution in [0.1, 0.15) is 35.7 Å². The van der Waals surface area contributed by atoms with Crippen LogP contribution < -0.4 is 11.5 Å². The molecule has 0 saturated carbocycles. The predicted molar refractivity (Wildman–Crippen MR) is 87.4 cm³/mol. The van der Waals surface area contributed by atoms with Crippen molar-refractivity contribution in [1.82, 2.24) is 0 Å². The predicted octanol–water partition coefficient (Wildman–Crippen LogP) is 1.40. The molecule has 1 amide bonds. The third-order valence-corrected chi connectivity index (χ3v) is 4.11. The average molecular weight is 323 g/mol. The van der Waals surface area contributed by atoms with Gasteiger partial charge in [0.15, 0.2) is 15.8 Å². The molecule has 0 saturated heterocycles. The van der Waals surface area contributed by atoms with E-state index in [1.54, 1.807) is 6.07 Å². The highest BCUT2D eigenvalue weighted by atomic mass is 32.2. The van der Waals surface area contributed by atoms with Crippen LogP contribution in [0.2, 0.25) is 0 Å². The third-order valence-electron chi connectivity index (χ3n) is 2.93. The molecule has 0 aliphatic rings. The van der Waals surface area contributed by atoms with Crippen LogP contribution in [0, 0.1) is 0 Å². The molecular formula is C15H21N3O3S. The van der Waals surface area contributed by atoms with E-state index in [4.69, 9.17) is 11.5 Å². The smallest absolute Gasteiger partial charge is 0.280 e. The molecule has 0 radical (unpaired) electrons. The molecular weight excluding hydrogens is 302 g/mol. The van der Waals surface area contributed by atoms with Gasteiger partial charge in [-0.05, 0) is 37.0 Å². The van der Waals surface area contributed by atoms with Gasteiger partial charge in [0.05, 0.1) is 4.90 Å². The Balaban J connectivity index is 3.17. The number of carbonyl (C=O) groups excluding carboxylic acids is 1. The Morgan fingerprint density at radius 3 is 2.50 bits per heavy atom. The second-order valence-electron chi connectivity index (χ2n) is 4.85. The minimum atomic E-state index is -3.45. The molecule has 0 aliphatic carbocycles. The van der Waals surface area contributed by atoms with E-state index in [0.717, 1.165) is 19.1 Å². The number of aliphatic imine (C=N–C) groups is 1. The number of aryl methyl sites for hydroxylation is 1. The van der Waals surface area contributed by atoms with E-state index < -0.39 is 15.7 Å². The number of guanidine groups is 1. The molecule has 1 aromatic carbocycles. The zero-order chi connectivity index (χ0) is 16.8. The van der Waals surface area contributed by atoms with Crippen molar-refractivity contribution in [2.75, 3.05) is 6.26 Å². The van der Waals surface area contributed by atoms with Crippen LogP contribution in [0.15, 0.2) is 40.2 Å². The van der Waals surface area contributed by atoms with Crippen molar-refractivity contribution in [3.05, 3.63) is 41.5 Å². The summed E-state index contributed by atoms with van der Waals surface area (Å²) in [6, 6.07) is 4.48. The molecule has 6 nitrogen and oxygen atoms in total. The van der Waals surface area contributed by atoms with E-state index in [0.29, 0.717) is 12.0 Å². The van der Waals surface area contributed by atoms with E-state index in [2.05, 4.69) is 4.99 Å². The molecule has 4 N–H and O–H groups in total. The highest BCUT2D eigenvalue weighted by Gasteiger charge is 2.16. The number of rotatable bonds is 6. The second-order valence-corrected chi connectivity index (χ2v) is 6.84. The maximum absolute atomic E-state index is 11.9. The summed E-state index contributed by atoms with van der Waals surface area (Å²) >= 11 is 0. The van der Waals surface area contributed by atoms with Crippen LogP contribution in [0.4, 0.5) is 0 Å². The van der Waals surface area contributed by atoms with Crippen molar-refractivity contribution >= 4 is 21.7 Å². The average Bonchev–Trinajstić information content (AvgIpc) is 2.42. The van der Waals surface area contributed by atoms with Gasteiger partial charge >= 0.3 is 0 Å². The van der Waals surface area contributed by atoms with Gasteiger partial charge in [-0.25, -0.2) is 8.42 Å². The van der Waals surface area contributed by atoms with Crippen molar-refractivity contribution in [1.29, 1.82) is 0 Å². The van der Waals surface area contributed by atoms with Gasteiger partial charge in [0.1, 0.15) is 0 Å². The molecule has 22 heavy (non-hydrogen) atoms. The molecule has 1 aromatic rings. The number of amides is 1. The van der Waals surface area contributed by atoms with Crippen molar-refractivity contribution in [2.45, 2.75) is 31.1 Å². The minimum Gasteiger partial charge on any atom is -0.370 e. The first kappa shape index (κ1) is 17.9. The summed E-state index contributed by atoms with van der Waals surface area (Å²) < 4.78 is 23.9. The normalized spacial score (nSPS) is 11.5. The number of benzene rings is 1. The zero-order valence-electron chi connectivity index (χ0n) is 12.7. The Labute approximate surface area is 130 Å². The van der Waals surface area contributed by atoms with Crippen molar-refractivity contribution < 1.29 is 13.2 Å². The first-order chi connectivity index (χ1) is 10.3. The van der Waals surface area contributed by atoms with Gasteiger partial charge < -0.3 is 11.5 Å². The molecule has 0 aliphatic heterocycles. The van der Waals surface area contributed by atoms with E-state index in [1.165, 1.54) is 12.1 Å². The van der Waals surface area contributed by atoms with Gasteiger partial charge in [-0.3, -0.25) is 4.79 Å². The van der Waals surface area contributed by atoms with Crippen LogP contribution in [-0.4, -0.2) is 26.5 Å². The van der Waals surface area contributed by atoms with Crippen LogP contribution in [0.3, 0.4) is 0 Å². The van der Waals surface area contributed by atoms with E-state index >= 15 is 0 Å². The number of nitrogens with zero attached hydrogens (tertiary/aromatic N) is 1. The number of hydrogen-bond donors (Lipinski definition) is 2. The van der Waals surface area contributed by atoms with Crippen LogP contribution in [0.25, 0.3) is 0 Å². The molecule has 0 fully saturated rings. The van der Waals surface area contributed by atoms with Crippen molar-refractivity contribution in [3.8, 4) is 0 Å². The lowest BCUT2D eigenvalue weighted by atomic mass is 10.1. The molecule has 1 rings (SSSR count). The monoisotopic (exact) mass is 323 g/mol. The fraction of sp³-hybridized carbons (Fsp3) is 0.333. The van der Waals surface area contributed by atoms with E-state index in [1.807, 2.05) is 19.1 Å². The summed E-state index contributed by atoms with van der Waals surface area (Å²) in [5.74, 6) is -1.03. The standard InChI is InChI=1S/C15H21N3O3S/c1-3-4-5-6-7-11-8-9-12(14(19)18-15(16)17)10-13(11)22(2,20)21/h4-5,8-10H,3,6-7H2,1-2H3,(H4,16,17,18,19). The van der Waals surface area contributed by atoms with Gasteiger partial charge in [-0.2, -0.15) is 4.99 Å². The second kappa shape index (κ2) is 7.74. The van der Waals surface area contributed by atoms with E-state index in [-0.39, 0.29) is 16.4 Å². The number of allylic oxidation sites excluding steroid dienone is 2. The first-order valence-electron chi connectivity index (χ1n) is 6.87. The first-order valence-corrected chi connectivity index (χ1v) is 8.76. The van der Waals surface area contributed by atoms with Gasteiger partial charge in [-0.15, -0.1) is 0 Å². The van der Waals surface area contributed by atoms with E-state index in [9.17, 15) is 13.2 Å². The number of hydrogen-bond acceptors (Lipinski definition) is 3. The Hall–Kier alpha value is -2.15. The molecule has 120 valence electrons. The summed E-state index contributed by atoms with van der Waals surface area (Å²) in [7, 11) is -3.45. The minimum absolute atomic E-state index is 0.133. The Morgan fingerprint density at radius 1 is 1.27 bits per heavy atom. The lowest BCUT2D eigenvalue weighted by molar-refractivity contribution is 0.100. The SMILES string of the molecule is CCC=CCCc1ccc(C(=O)N=C(N)N)cc1S(C)(=O)=O. The van der Waals surface area contributed by atoms with Crippen LogP contribution >= 0.6 is 0 Å². The molecule has 0 unspecified atom stereocenters. The Bertz CT molecular complexity index is 703. The van der Waals surface area contributed by atoms with Gasteiger partial charge in [-0.1, -0.05) is 25.1 Å². The van der Waals surface area contributed by atoms with Crippen molar-refractivity contribution in [3.63, 3.8) is 0 Å². The quantitative estimate of drug-likeness (QED) is 0.466. The van der Waals surface area contributed by atoms with Crippen LogP contribution in [0.5, 0.6) is 0 Å². The lowest BCUT2D eigenvalue weighted by Gasteiger charge is -2.08. The summed E-state index contributed by atoms with van der Waals surface area (Å²) in [5, 5.41) is 0. The fourth-order valence-electron chi connectivity index (χ4n) is 1.94. The molecule has 0 atom stereocenters. The molecule has 0 spiro atoms. The maximum atomic E-state index is 11.9. The number of sulfone groups is 1. The molecule has 7 heteroatoms. The number of carbonyl (C=O) groups is 1. The summed E-state index contributed by atoms with van der Waals surface area (Å²) in [6.45, 7) is 2.03. The highest BCUT2D eigenvalue weighted by Crippen LogP contribution is 2.20. The lowest BCUT2D eigenvalue weighted by Crippen LogP contribution is -2.24. The van der Waals surface area contributed by atoms with Crippen molar-refractivity contribution in [2.24, 2.45) is 16.5 Å². The summed E-state index contributed by atoms with van der Waals surface area (Å²) in [6.07, 6.45) is 7.39. The van der Waals surface area contributed by atoms with Gasteiger partial charge in [0.2, 0.25) is 0 Å². The Morgan fingerprint density at radius 2 is 1.95 bits per heavy atom. The molecule has 0 aromatic heterocycles. The summed E-state index contributed by atoms with van der Waals surface area (Å²) in [5.41, 5.74) is 11.1. The maximum Gasteiger partial charge on any atom is 0.280 e. The third kappa shape index (κ3) is 5.33. The van der Waals surface area contributed by atoms with Crippen LogP contribution in [-0.2, 0) is 16.3 Å². The topological polar surface area (TPSA) is 116 Å². The zero-order valence-corrected chi connectivity index (χ0v) is 13.6. The summed E-state index contributed by atoms with van der Waals surface area (Å²) in [4.78, 5) is 15.3. The largest absolute Gasteiger partial charge is 0.370 e. The van der Waals surface area contributed by atoms with Gasteiger partial charge in [0.25, 0.3) is 5.91 Å². The molecule has 0 heterocycles. The Kier molecular flexibility index (Phi) is 6.30. The van der Waals surface area contributed by atoms with Gasteiger partial charge in [0, 0.05) is 11.8 Å². The number of nitrogens with two attached hydrogens (primary N) is 2. The molecule has 0 bridgehead atoms. The fourth-order valence-corrected chi connectivity index (χ4v) is 2.93. The highest BCUT2D eigenvalue weighted by molar-refractivity contribution is 7.90.